The molecule has 1 fully saturated rings. The fourth-order valence-electron chi connectivity index (χ4n) is 4.25. The molecule has 0 radical (unpaired) electrons. The Labute approximate surface area is 209 Å². The van der Waals surface area contributed by atoms with Gasteiger partial charge in [-0.25, -0.2) is 8.42 Å². The molecule has 1 aromatic heterocycles. The van der Waals surface area contributed by atoms with Gasteiger partial charge in [0.2, 0.25) is 10.0 Å². The molecule has 0 spiro atoms. The number of carbonyl (C=O) groups excluding carboxylic acids is 1. The Bertz CT molecular complexity index is 1390. The Morgan fingerprint density at radius 3 is 2.57 bits per heavy atom. The van der Waals surface area contributed by atoms with Gasteiger partial charge in [-0.05, 0) is 81.1 Å². The summed E-state index contributed by atoms with van der Waals surface area (Å²) < 4.78 is 41.7. The molecule has 0 bridgehead atoms. The first-order chi connectivity index (χ1) is 16.8. The number of methoxy groups -OCH3 is 1. The molecule has 10 heteroatoms. The van der Waals surface area contributed by atoms with Crippen molar-refractivity contribution in [1.82, 2.24) is 8.87 Å². The van der Waals surface area contributed by atoms with E-state index in [1.807, 2.05) is 11.5 Å². The summed E-state index contributed by atoms with van der Waals surface area (Å²) in [6, 6.07) is 9.60. The van der Waals surface area contributed by atoms with Crippen molar-refractivity contribution in [1.29, 1.82) is 0 Å². The SMILES string of the molecule is CCOCCn1c(=NC(=O)C2CCCN2S(=O)(=O)c2ccc(OC)cc2)sc2cc(C)c(C)cc21. The third-order valence-corrected chi connectivity index (χ3v) is 9.29. The van der Waals surface area contributed by atoms with E-state index in [4.69, 9.17) is 9.47 Å². The average molecular weight is 518 g/mol. The molecule has 8 nitrogen and oxygen atoms in total. The Kier molecular flexibility index (Phi) is 7.75. The van der Waals surface area contributed by atoms with Gasteiger partial charge in [0, 0.05) is 19.7 Å². The summed E-state index contributed by atoms with van der Waals surface area (Å²) in [6.45, 7) is 8.00. The average Bonchev–Trinajstić information content (AvgIpc) is 3.46. The highest BCUT2D eigenvalue weighted by atomic mass is 32.2. The lowest BCUT2D eigenvalue weighted by atomic mass is 10.1. The quantitative estimate of drug-likeness (QED) is 0.426. The van der Waals surface area contributed by atoms with Crippen molar-refractivity contribution < 1.29 is 22.7 Å². The summed E-state index contributed by atoms with van der Waals surface area (Å²) in [5, 5.41) is 0. The summed E-state index contributed by atoms with van der Waals surface area (Å²) in [4.78, 5) is 18.5. The number of fused-ring (bicyclic) bond motifs is 1. The van der Waals surface area contributed by atoms with Crippen molar-refractivity contribution >= 4 is 37.5 Å². The van der Waals surface area contributed by atoms with E-state index in [1.165, 1.54) is 40.4 Å². The van der Waals surface area contributed by atoms with Crippen LogP contribution in [0.25, 0.3) is 10.2 Å². The Balaban J connectivity index is 1.70. The smallest absolute Gasteiger partial charge is 0.266 e. The maximum atomic E-state index is 13.4. The predicted octanol–water partition coefficient (Wildman–Crippen LogP) is 3.65. The third kappa shape index (κ3) is 5.20. The van der Waals surface area contributed by atoms with Gasteiger partial charge in [0.15, 0.2) is 4.80 Å². The van der Waals surface area contributed by atoms with Crippen molar-refractivity contribution in [3.63, 3.8) is 0 Å². The summed E-state index contributed by atoms with van der Waals surface area (Å²) in [6.07, 6.45) is 1.05. The topological polar surface area (TPSA) is 90.2 Å². The third-order valence-electron chi connectivity index (χ3n) is 6.32. The van der Waals surface area contributed by atoms with Crippen LogP contribution in [-0.4, -0.2) is 56.1 Å². The van der Waals surface area contributed by atoms with E-state index < -0.39 is 22.0 Å². The van der Waals surface area contributed by atoms with E-state index in [0.29, 0.717) is 43.2 Å². The molecule has 1 aliphatic heterocycles. The Morgan fingerprint density at radius 2 is 1.89 bits per heavy atom. The summed E-state index contributed by atoms with van der Waals surface area (Å²) in [7, 11) is -2.31. The van der Waals surface area contributed by atoms with E-state index in [9.17, 15) is 13.2 Å². The summed E-state index contributed by atoms with van der Waals surface area (Å²) in [5.74, 6) is 0.129. The first-order valence-electron chi connectivity index (χ1n) is 11.7. The summed E-state index contributed by atoms with van der Waals surface area (Å²) in [5.41, 5.74) is 3.32. The number of rotatable bonds is 8. The molecule has 1 atom stereocenters. The van der Waals surface area contributed by atoms with Gasteiger partial charge >= 0.3 is 0 Å². The molecule has 2 aromatic carbocycles. The molecular weight excluding hydrogens is 486 g/mol. The number of hydrogen-bond donors (Lipinski definition) is 0. The molecule has 35 heavy (non-hydrogen) atoms. The van der Waals surface area contributed by atoms with Gasteiger partial charge in [0.05, 0.1) is 28.8 Å². The van der Waals surface area contributed by atoms with Crippen LogP contribution in [0, 0.1) is 13.8 Å². The number of thiazole rings is 1. The highest BCUT2D eigenvalue weighted by Crippen LogP contribution is 2.28. The van der Waals surface area contributed by atoms with Crippen LogP contribution in [0.2, 0.25) is 0 Å². The van der Waals surface area contributed by atoms with Crippen molar-refractivity contribution in [2.75, 3.05) is 26.9 Å². The van der Waals surface area contributed by atoms with Crippen LogP contribution in [-0.2, 0) is 26.1 Å². The van der Waals surface area contributed by atoms with Crippen LogP contribution in [0.5, 0.6) is 5.75 Å². The number of nitrogens with zero attached hydrogens (tertiary/aromatic N) is 3. The standard InChI is InChI=1S/C25H31N3O5S2/c1-5-33-14-13-27-22-15-17(2)18(3)16-23(22)34-25(27)26-24(29)21-7-6-12-28(21)35(30,31)20-10-8-19(32-4)9-11-20/h8-11,15-16,21H,5-7,12-14H2,1-4H3. The molecular formula is C25H31N3O5S2. The normalized spacial score (nSPS) is 17.4. The second-order valence-electron chi connectivity index (χ2n) is 8.54. The maximum Gasteiger partial charge on any atom is 0.266 e. The number of aryl methyl sites for hydroxylation is 2. The predicted molar refractivity (Wildman–Crippen MR) is 136 cm³/mol. The lowest BCUT2D eigenvalue weighted by Gasteiger charge is -2.21. The second-order valence-corrected chi connectivity index (χ2v) is 11.4. The number of carbonyl (C=O) groups is 1. The number of benzene rings is 2. The van der Waals surface area contributed by atoms with Crippen LogP contribution >= 0.6 is 11.3 Å². The van der Waals surface area contributed by atoms with E-state index in [0.717, 1.165) is 15.8 Å². The highest BCUT2D eigenvalue weighted by Gasteiger charge is 2.39. The van der Waals surface area contributed by atoms with Gasteiger partial charge in [-0.2, -0.15) is 9.30 Å². The van der Waals surface area contributed by atoms with Crippen LogP contribution in [0.1, 0.15) is 30.9 Å². The summed E-state index contributed by atoms with van der Waals surface area (Å²) >= 11 is 1.44. The van der Waals surface area contributed by atoms with Crippen LogP contribution in [0.15, 0.2) is 46.3 Å². The number of sulfonamides is 1. The zero-order chi connectivity index (χ0) is 25.2. The minimum atomic E-state index is -3.84. The fourth-order valence-corrected chi connectivity index (χ4v) is 7.04. The van der Waals surface area contributed by atoms with Gasteiger partial charge in [0.1, 0.15) is 11.8 Å². The highest BCUT2D eigenvalue weighted by molar-refractivity contribution is 7.89. The molecule has 0 aliphatic carbocycles. The van der Waals surface area contributed by atoms with Gasteiger partial charge in [-0.15, -0.1) is 0 Å². The molecule has 0 N–H and O–H groups in total. The molecule has 1 amide bonds. The van der Waals surface area contributed by atoms with Crippen molar-refractivity contribution in [3.8, 4) is 5.75 Å². The lowest BCUT2D eigenvalue weighted by Crippen LogP contribution is -2.40. The Hall–Kier alpha value is -2.53. The van der Waals surface area contributed by atoms with Crippen molar-refractivity contribution in [2.24, 2.45) is 4.99 Å². The molecule has 0 saturated carbocycles. The van der Waals surface area contributed by atoms with Crippen LogP contribution in [0.4, 0.5) is 0 Å². The lowest BCUT2D eigenvalue weighted by molar-refractivity contribution is -0.121. The van der Waals surface area contributed by atoms with Gasteiger partial charge in [0.25, 0.3) is 5.91 Å². The zero-order valence-electron chi connectivity index (χ0n) is 20.5. The van der Waals surface area contributed by atoms with Crippen molar-refractivity contribution in [3.05, 3.63) is 52.3 Å². The van der Waals surface area contributed by atoms with Gasteiger partial charge < -0.3 is 14.0 Å². The Morgan fingerprint density at radius 1 is 1.17 bits per heavy atom. The molecule has 1 unspecified atom stereocenters. The van der Waals surface area contributed by atoms with Crippen molar-refractivity contribution in [2.45, 2.75) is 51.1 Å². The van der Waals surface area contributed by atoms with E-state index in [-0.39, 0.29) is 11.4 Å². The largest absolute Gasteiger partial charge is 0.497 e. The molecule has 188 valence electrons. The molecule has 3 aromatic rings. The van der Waals surface area contributed by atoms with Crippen LogP contribution < -0.4 is 9.54 Å². The molecule has 1 saturated heterocycles. The number of aromatic nitrogens is 1. The molecule has 4 rings (SSSR count). The molecule has 1 aliphatic rings. The van der Waals surface area contributed by atoms with E-state index in [2.05, 4.69) is 31.0 Å². The monoisotopic (exact) mass is 517 g/mol. The zero-order valence-corrected chi connectivity index (χ0v) is 22.1. The fraction of sp³-hybridized carbons (Fsp3) is 0.440. The minimum Gasteiger partial charge on any atom is -0.497 e. The first kappa shape index (κ1) is 25.6. The molecule has 2 heterocycles. The number of ether oxygens (including phenoxy) is 2. The minimum absolute atomic E-state index is 0.137. The number of amides is 1. The van der Waals surface area contributed by atoms with Gasteiger partial charge in [-0.3, -0.25) is 4.79 Å². The second kappa shape index (κ2) is 10.6. The van der Waals surface area contributed by atoms with Crippen LogP contribution in [0.3, 0.4) is 0 Å². The van der Waals surface area contributed by atoms with E-state index in [1.54, 1.807) is 12.1 Å². The number of hydrogen-bond acceptors (Lipinski definition) is 6. The van der Waals surface area contributed by atoms with Gasteiger partial charge in [-0.1, -0.05) is 11.3 Å². The first-order valence-corrected chi connectivity index (χ1v) is 13.9. The van der Waals surface area contributed by atoms with E-state index >= 15 is 0 Å². The maximum absolute atomic E-state index is 13.4.